The highest BCUT2D eigenvalue weighted by Crippen LogP contribution is 2.51. The fraction of sp³-hybridized carbons (Fsp3) is 0.360. The number of carbonyl (C=O) groups is 1. The molecule has 3 N–H and O–H groups in total. The number of ketones is 1. The van der Waals surface area contributed by atoms with E-state index < -0.39 is 10.6 Å². The van der Waals surface area contributed by atoms with Crippen LogP contribution in [0.1, 0.15) is 34.3 Å². The van der Waals surface area contributed by atoms with Crippen LogP contribution in [0.3, 0.4) is 0 Å². The fourth-order valence-electron chi connectivity index (χ4n) is 4.83. The van der Waals surface area contributed by atoms with Crippen LogP contribution >= 0.6 is 10.6 Å². The number of benzene rings is 2. The zero-order valence-corrected chi connectivity index (χ0v) is 19.1. The molecule has 0 spiro atoms. The van der Waals surface area contributed by atoms with Gasteiger partial charge in [-0.3, -0.25) is 13.9 Å². The molecule has 1 saturated heterocycles. The summed E-state index contributed by atoms with van der Waals surface area (Å²) in [4.78, 5) is 21.2. The van der Waals surface area contributed by atoms with Crippen LogP contribution in [0, 0.1) is 12.8 Å². The second-order valence-electron chi connectivity index (χ2n) is 8.79. The molecule has 1 fully saturated rings. The van der Waals surface area contributed by atoms with Gasteiger partial charge in [-0.2, -0.15) is 10.6 Å². The van der Waals surface area contributed by atoms with Gasteiger partial charge in [0, 0.05) is 30.0 Å². The molecule has 0 amide bonds. The highest BCUT2D eigenvalue weighted by molar-refractivity contribution is 8.24. The van der Waals surface area contributed by atoms with E-state index in [9.17, 15) is 13.9 Å². The molecule has 0 unspecified atom stereocenters. The molecule has 7 heteroatoms. The Morgan fingerprint density at radius 1 is 1.12 bits per heavy atom. The Hall–Kier alpha value is -2.45. The number of Topliss-reactive ketones (excluding diaryl/α,β-unsaturated/α-hetero) is 1. The van der Waals surface area contributed by atoms with Gasteiger partial charge in [0.05, 0.1) is 16.2 Å². The lowest BCUT2D eigenvalue weighted by atomic mass is 9.88. The van der Waals surface area contributed by atoms with Gasteiger partial charge in [0.15, 0.2) is 5.78 Å². The Morgan fingerprint density at radius 2 is 1.91 bits per heavy atom. The molecule has 0 radical (unpaired) electrons. The number of fused-ring (bicyclic) bond motifs is 2. The van der Waals surface area contributed by atoms with Gasteiger partial charge in [0.1, 0.15) is 5.82 Å². The maximum absolute atomic E-state index is 13.6. The molecule has 3 heterocycles. The van der Waals surface area contributed by atoms with Crippen LogP contribution in [0.2, 0.25) is 0 Å². The minimum atomic E-state index is -2.86. The van der Waals surface area contributed by atoms with E-state index in [-0.39, 0.29) is 17.5 Å². The third-order valence-corrected chi connectivity index (χ3v) is 8.51. The SMILES string of the molecule is Cc1cccc2c(C(=O)C3CCNCC3)cc(N3CCS(O)(O)c4ccccc4C3)nc12. The van der Waals surface area contributed by atoms with E-state index in [0.717, 1.165) is 59.3 Å². The summed E-state index contributed by atoms with van der Waals surface area (Å²) >= 11 is 0. The minimum Gasteiger partial charge on any atom is -0.351 e. The summed E-state index contributed by atoms with van der Waals surface area (Å²) in [5.74, 6) is 1.17. The highest BCUT2D eigenvalue weighted by atomic mass is 32.3. The van der Waals surface area contributed by atoms with Crippen molar-refractivity contribution in [3.05, 3.63) is 65.2 Å². The summed E-state index contributed by atoms with van der Waals surface area (Å²) < 4.78 is 21.5. The predicted molar refractivity (Wildman–Crippen MR) is 130 cm³/mol. The molecular formula is C25H29N3O3S. The van der Waals surface area contributed by atoms with Crippen LogP contribution in [0.15, 0.2) is 53.4 Å². The number of para-hydroxylation sites is 1. The number of pyridine rings is 1. The van der Waals surface area contributed by atoms with Gasteiger partial charge < -0.3 is 10.2 Å². The van der Waals surface area contributed by atoms with Gasteiger partial charge in [0.2, 0.25) is 0 Å². The lowest BCUT2D eigenvalue weighted by Gasteiger charge is -2.32. The molecule has 2 aromatic carbocycles. The van der Waals surface area contributed by atoms with E-state index in [0.29, 0.717) is 18.0 Å². The minimum absolute atomic E-state index is 0.0204. The summed E-state index contributed by atoms with van der Waals surface area (Å²) in [7, 11) is -2.86. The molecule has 5 rings (SSSR count). The van der Waals surface area contributed by atoms with Crippen molar-refractivity contribution in [2.75, 3.05) is 30.3 Å². The monoisotopic (exact) mass is 451 g/mol. The van der Waals surface area contributed by atoms with Gasteiger partial charge in [-0.1, -0.05) is 36.4 Å². The number of aromatic nitrogens is 1. The number of hydrogen-bond donors (Lipinski definition) is 3. The fourth-order valence-corrected chi connectivity index (χ4v) is 6.37. The van der Waals surface area contributed by atoms with Gasteiger partial charge >= 0.3 is 0 Å². The smallest absolute Gasteiger partial charge is 0.166 e. The van der Waals surface area contributed by atoms with Crippen molar-refractivity contribution in [2.45, 2.75) is 31.2 Å². The number of nitrogens with zero attached hydrogens (tertiary/aromatic N) is 2. The summed E-state index contributed by atoms with van der Waals surface area (Å²) in [5.41, 5.74) is 3.49. The number of aryl methyl sites for hydroxylation is 1. The largest absolute Gasteiger partial charge is 0.351 e. The molecule has 1 aromatic heterocycles. The van der Waals surface area contributed by atoms with E-state index in [2.05, 4.69) is 10.2 Å². The van der Waals surface area contributed by atoms with Crippen LogP contribution in [-0.4, -0.2) is 45.3 Å². The first-order valence-electron chi connectivity index (χ1n) is 11.2. The van der Waals surface area contributed by atoms with Crippen molar-refractivity contribution < 1.29 is 13.9 Å². The second-order valence-corrected chi connectivity index (χ2v) is 11.0. The third kappa shape index (κ3) is 3.90. The first-order chi connectivity index (χ1) is 15.4. The van der Waals surface area contributed by atoms with Crippen LogP contribution in [-0.2, 0) is 6.54 Å². The van der Waals surface area contributed by atoms with E-state index in [4.69, 9.17) is 4.98 Å². The predicted octanol–water partition coefficient (Wildman–Crippen LogP) is 4.86. The molecule has 168 valence electrons. The van der Waals surface area contributed by atoms with E-state index in [1.54, 1.807) is 6.07 Å². The van der Waals surface area contributed by atoms with Gasteiger partial charge in [-0.25, -0.2) is 4.98 Å². The van der Waals surface area contributed by atoms with Crippen molar-refractivity contribution in [1.82, 2.24) is 10.3 Å². The number of rotatable bonds is 3. The Bertz CT molecular complexity index is 1170. The Labute approximate surface area is 190 Å². The van der Waals surface area contributed by atoms with Crippen molar-refractivity contribution in [2.24, 2.45) is 5.92 Å². The lowest BCUT2D eigenvalue weighted by Crippen LogP contribution is -2.32. The Balaban J connectivity index is 1.60. The van der Waals surface area contributed by atoms with E-state index in [1.165, 1.54) is 0 Å². The average Bonchev–Trinajstić information content (AvgIpc) is 2.95. The number of nitrogens with one attached hydrogen (secondary N) is 1. The molecule has 32 heavy (non-hydrogen) atoms. The van der Waals surface area contributed by atoms with Gasteiger partial charge in [0.25, 0.3) is 0 Å². The molecule has 6 nitrogen and oxygen atoms in total. The van der Waals surface area contributed by atoms with Crippen LogP contribution < -0.4 is 10.2 Å². The molecule has 2 aliphatic heterocycles. The number of carbonyl (C=O) groups excluding carboxylic acids is 1. The normalized spacial score (nSPS) is 19.9. The maximum atomic E-state index is 13.6. The third-order valence-electron chi connectivity index (χ3n) is 6.66. The average molecular weight is 452 g/mol. The molecule has 0 bridgehead atoms. The van der Waals surface area contributed by atoms with Gasteiger partial charge in [-0.05, 0) is 56.1 Å². The summed E-state index contributed by atoms with van der Waals surface area (Å²) in [6, 6.07) is 15.4. The molecule has 3 aromatic rings. The number of hydrogen-bond acceptors (Lipinski definition) is 6. The quantitative estimate of drug-likeness (QED) is 0.494. The first-order valence-corrected chi connectivity index (χ1v) is 12.9. The zero-order valence-electron chi connectivity index (χ0n) is 18.3. The molecule has 2 aliphatic rings. The van der Waals surface area contributed by atoms with Crippen molar-refractivity contribution >= 4 is 33.1 Å². The van der Waals surface area contributed by atoms with Crippen LogP contribution in [0.5, 0.6) is 0 Å². The summed E-state index contributed by atoms with van der Waals surface area (Å²) in [5, 5.41) is 4.24. The topological polar surface area (TPSA) is 85.7 Å². The summed E-state index contributed by atoms with van der Waals surface area (Å²) in [6.07, 6.45) is 1.70. The standard InChI is InChI=1S/C25H29N3O3S/c1-17-5-4-7-20-21(25(29)18-9-11-26-12-10-18)15-23(27-24(17)20)28-13-14-32(30,31)22-8-3-2-6-19(22)16-28/h2-8,15,18,26,30-31H,9-14,16H2,1H3. The van der Waals surface area contributed by atoms with E-state index >= 15 is 0 Å². The molecule has 0 saturated carbocycles. The van der Waals surface area contributed by atoms with E-state index in [1.807, 2.05) is 49.4 Å². The zero-order chi connectivity index (χ0) is 22.3. The molecular weight excluding hydrogens is 422 g/mol. The second kappa shape index (κ2) is 8.48. The van der Waals surface area contributed by atoms with Gasteiger partial charge in [-0.15, -0.1) is 0 Å². The van der Waals surface area contributed by atoms with Crippen molar-refractivity contribution in [3.63, 3.8) is 0 Å². The number of anilines is 1. The molecule has 0 aliphatic carbocycles. The molecule has 0 atom stereocenters. The number of piperidine rings is 1. The van der Waals surface area contributed by atoms with Crippen molar-refractivity contribution in [1.29, 1.82) is 0 Å². The van der Waals surface area contributed by atoms with Crippen LogP contribution in [0.25, 0.3) is 10.9 Å². The Kier molecular flexibility index (Phi) is 5.67. The van der Waals surface area contributed by atoms with Crippen molar-refractivity contribution in [3.8, 4) is 0 Å². The maximum Gasteiger partial charge on any atom is 0.166 e. The first kappa shape index (κ1) is 21.4. The Morgan fingerprint density at radius 3 is 2.72 bits per heavy atom. The highest BCUT2D eigenvalue weighted by Gasteiger charge is 2.29. The lowest BCUT2D eigenvalue weighted by molar-refractivity contribution is 0.0897. The van der Waals surface area contributed by atoms with Crippen LogP contribution in [0.4, 0.5) is 5.82 Å². The summed E-state index contributed by atoms with van der Waals surface area (Å²) in [6.45, 7) is 4.74.